The summed E-state index contributed by atoms with van der Waals surface area (Å²) in [6.45, 7) is 6.60. The van der Waals surface area contributed by atoms with Crippen LogP contribution in [0.15, 0.2) is 0 Å². The lowest BCUT2D eigenvalue weighted by atomic mass is 10.1. The van der Waals surface area contributed by atoms with E-state index in [1.165, 1.54) is 0 Å². The molecule has 0 aromatic carbocycles. The Labute approximate surface area is 78.2 Å². The molecule has 0 bridgehead atoms. The number of rotatable bonds is 1. The molecule has 4 nitrogen and oxygen atoms in total. The topological polar surface area (TPSA) is 44.8 Å². The van der Waals surface area contributed by atoms with Crippen LogP contribution in [-0.4, -0.2) is 31.6 Å². The van der Waals surface area contributed by atoms with Gasteiger partial charge in [0.25, 0.3) is 0 Å². The molecule has 4 heteroatoms. The molecular weight excluding hydrogens is 172 g/mol. The van der Waals surface area contributed by atoms with Crippen LogP contribution in [-0.2, 0) is 19.0 Å². The fourth-order valence-electron chi connectivity index (χ4n) is 1.01. The van der Waals surface area contributed by atoms with E-state index in [1.807, 2.05) is 20.8 Å². The summed E-state index contributed by atoms with van der Waals surface area (Å²) in [6, 6.07) is 0. The quantitative estimate of drug-likeness (QED) is 0.575. The number of carbonyl (C=O) groups excluding carboxylic acids is 1. The second-order valence-corrected chi connectivity index (χ2v) is 4.09. The van der Waals surface area contributed by atoms with Crippen LogP contribution in [0.2, 0.25) is 0 Å². The summed E-state index contributed by atoms with van der Waals surface area (Å²) in [7, 11) is 0. The molecule has 1 aliphatic rings. The lowest BCUT2D eigenvalue weighted by Crippen LogP contribution is -2.36. The van der Waals surface area contributed by atoms with E-state index in [4.69, 9.17) is 14.2 Å². The van der Waals surface area contributed by atoms with E-state index in [-0.39, 0.29) is 18.7 Å². The van der Waals surface area contributed by atoms with Gasteiger partial charge in [-0.2, -0.15) is 0 Å². The summed E-state index contributed by atoms with van der Waals surface area (Å²) in [5.41, 5.74) is -0.436. The molecule has 1 saturated heterocycles. The molecule has 0 N–H and O–H groups in total. The molecule has 1 aliphatic heterocycles. The Bertz CT molecular complexity index is 177. The van der Waals surface area contributed by atoms with E-state index in [0.29, 0.717) is 13.2 Å². The van der Waals surface area contributed by atoms with Gasteiger partial charge in [-0.1, -0.05) is 0 Å². The number of carbonyl (C=O) groups is 1. The van der Waals surface area contributed by atoms with Gasteiger partial charge in [0, 0.05) is 0 Å². The van der Waals surface area contributed by atoms with Crippen molar-refractivity contribution in [1.82, 2.24) is 0 Å². The molecule has 76 valence electrons. The summed E-state index contributed by atoms with van der Waals surface area (Å²) in [4.78, 5) is 11.4. The van der Waals surface area contributed by atoms with E-state index in [9.17, 15) is 4.79 Å². The Kier molecular flexibility index (Phi) is 3.27. The summed E-state index contributed by atoms with van der Waals surface area (Å²) < 4.78 is 15.2. The number of ether oxygens (including phenoxy) is 3. The predicted octanol–water partition coefficient (Wildman–Crippen LogP) is 0.949. The van der Waals surface area contributed by atoms with Gasteiger partial charge in [0.05, 0.1) is 13.2 Å². The van der Waals surface area contributed by atoms with Crippen LogP contribution >= 0.6 is 0 Å². The largest absolute Gasteiger partial charge is 0.460 e. The molecule has 0 amide bonds. The van der Waals surface area contributed by atoms with Crippen LogP contribution in [0.3, 0.4) is 0 Å². The van der Waals surface area contributed by atoms with Crippen LogP contribution in [0, 0.1) is 5.92 Å². The Morgan fingerprint density at radius 2 is 1.85 bits per heavy atom. The highest BCUT2D eigenvalue weighted by molar-refractivity contribution is 5.73. The Balaban J connectivity index is 2.38. The number of hydrogen-bond acceptors (Lipinski definition) is 4. The third kappa shape index (κ3) is 3.74. The first-order chi connectivity index (χ1) is 5.99. The highest BCUT2D eigenvalue weighted by Gasteiger charge is 2.27. The van der Waals surface area contributed by atoms with E-state index >= 15 is 0 Å². The van der Waals surface area contributed by atoms with Crippen LogP contribution in [0.5, 0.6) is 0 Å². The smallest absolute Gasteiger partial charge is 0.314 e. The van der Waals surface area contributed by atoms with Gasteiger partial charge in [0.2, 0.25) is 0 Å². The molecular formula is C9H16O4. The number of hydrogen-bond donors (Lipinski definition) is 0. The second kappa shape index (κ2) is 4.07. The zero-order valence-electron chi connectivity index (χ0n) is 8.33. The van der Waals surface area contributed by atoms with Crippen molar-refractivity contribution in [3.63, 3.8) is 0 Å². The van der Waals surface area contributed by atoms with Gasteiger partial charge in [-0.3, -0.25) is 4.79 Å². The summed E-state index contributed by atoms with van der Waals surface area (Å²) >= 11 is 0. The fourth-order valence-corrected chi connectivity index (χ4v) is 1.01. The SMILES string of the molecule is CC(C)(C)OC(=O)C1COCOC1. The maximum Gasteiger partial charge on any atom is 0.314 e. The van der Waals surface area contributed by atoms with Gasteiger partial charge in [0.15, 0.2) is 0 Å². The number of esters is 1. The fraction of sp³-hybridized carbons (Fsp3) is 0.889. The Morgan fingerprint density at radius 1 is 1.31 bits per heavy atom. The maximum atomic E-state index is 11.4. The van der Waals surface area contributed by atoms with Crippen LogP contribution in [0.25, 0.3) is 0 Å². The first kappa shape index (κ1) is 10.5. The molecule has 0 radical (unpaired) electrons. The lowest BCUT2D eigenvalue weighted by molar-refractivity contribution is -0.180. The normalized spacial score (nSPS) is 19.9. The molecule has 0 atom stereocenters. The minimum Gasteiger partial charge on any atom is -0.460 e. The lowest BCUT2D eigenvalue weighted by Gasteiger charge is -2.26. The zero-order valence-corrected chi connectivity index (χ0v) is 8.33. The first-order valence-electron chi connectivity index (χ1n) is 4.37. The maximum absolute atomic E-state index is 11.4. The molecule has 0 aliphatic carbocycles. The van der Waals surface area contributed by atoms with Gasteiger partial charge in [-0.25, -0.2) is 0 Å². The van der Waals surface area contributed by atoms with Gasteiger partial charge in [0.1, 0.15) is 18.3 Å². The summed E-state index contributed by atoms with van der Waals surface area (Å²) in [6.07, 6.45) is 0. The summed E-state index contributed by atoms with van der Waals surface area (Å²) in [5, 5.41) is 0. The first-order valence-corrected chi connectivity index (χ1v) is 4.37. The molecule has 1 rings (SSSR count). The van der Waals surface area contributed by atoms with Gasteiger partial charge < -0.3 is 14.2 Å². The predicted molar refractivity (Wildman–Crippen MR) is 46.1 cm³/mol. The summed E-state index contributed by atoms with van der Waals surface area (Å²) in [5.74, 6) is -0.514. The van der Waals surface area contributed by atoms with Crippen LogP contribution in [0.4, 0.5) is 0 Å². The standard InChI is InChI=1S/C9H16O4/c1-9(2,3)13-8(10)7-4-11-6-12-5-7/h7H,4-6H2,1-3H3. The van der Waals surface area contributed by atoms with Crippen molar-refractivity contribution in [1.29, 1.82) is 0 Å². The highest BCUT2D eigenvalue weighted by Crippen LogP contribution is 2.14. The van der Waals surface area contributed by atoms with Crippen molar-refractivity contribution in [2.24, 2.45) is 5.92 Å². The molecule has 1 heterocycles. The molecule has 0 aromatic rings. The second-order valence-electron chi connectivity index (χ2n) is 4.09. The monoisotopic (exact) mass is 188 g/mol. The van der Waals surface area contributed by atoms with E-state index in [2.05, 4.69) is 0 Å². The molecule has 0 saturated carbocycles. The Hall–Kier alpha value is -0.610. The molecule has 1 fully saturated rings. The van der Waals surface area contributed by atoms with Gasteiger partial charge >= 0.3 is 5.97 Å². The highest BCUT2D eigenvalue weighted by atomic mass is 16.7. The van der Waals surface area contributed by atoms with Crippen molar-refractivity contribution >= 4 is 5.97 Å². The van der Waals surface area contributed by atoms with Crippen molar-refractivity contribution in [3.05, 3.63) is 0 Å². The van der Waals surface area contributed by atoms with Crippen LogP contribution < -0.4 is 0 Å². The third-order valence-corrected chi connectivity index (χ3v) is 1.54. The zero-order chi connectivity index (χ0) is 9.90. The van der Waals surface area contributed by atoms with E-state index in [0.717, 1.165) is 0 Å². The van der Waals surface area contributed by atoms with Crippen molar-refractivity contribution in [2.75, 3.05) is 20.0 Å². The Morgan fingerprint density at radius 3 is 2.31 bits per heavy atom. The minimum atomic E-state index is -0.436. The van der Waals surface area contributed by atoms with Crippen molar-refractivity contribution < 1.29 is 19.0 Å². The van der Waals surface area contributed by atoms with Crippen molar-refractivity contribution in [3.8, 4) is 0 Å². The average molecular weight is 188 g/mol. The van der Waals surface area contributed by atoms with Gasteiger partial charge in [-0.05, 0) is 20.8 Å². The molecule has 0 aromatic heterocycles. The van der Waals surface area contributed by atoms with E-state index in [1.54, 1.807) is 0 Å². The molecule has 0 spiro atoms. The average Bonchev–Trinajstić information content (AvgIpc) is 2.03. The molecule has 13 heavy (non-hydrogen) atoms. The van der Waals surface area contributed by atoms with E-state index < -0.39 is 5.60 Å². The molecule has 0 unspecified atom stereocenters. The minimum absolute atomic E-state index is 0.243. The van der Waals surface area contributed by atoms with Crippen LogP contribution in [0.1, 0.15) is 20.8 Å². The third-order valence-electron chi connectivity index (χ3n) is 1.54. The van der Waals surface area contributed by atoms with Gasteiger partial charge in [-0.15, -0.1) is 0 Å². The van der Waals surface area contributed by atoms with Crippen molar-refractivity contribution in [2.45, 2.75) is 26.4 Å².